The highest BCUT2D eigenvalue weighted by Crippen LogP contribution is 2.20. The molecule has 0 aromatic carbocycles. The summed E-state index contributed by atoms with van der Waals surface area (Å²) in [4.78, 5) is 6.81. The number of morpholine rings is 1. The van der Waals surface area contributed by atoms with E-state index in [1.54, 1.807) is 0 Å². The molecule has 4 nitrogen and oxygen atoms in total. The van der Waals surface area contributed by atoms with Crippen LogP contribution in [0.2, 0.25) is 0 Å². The van der Waals surface area contributed by atoms with Gasteiger partial charge in [0.25, 0.3) is 0 Å². The number of hydrogen-bond donors (Lipinski definition) is 1. The molecule has 1 aliphatic rings. The summed E-state index contributed by atoms with van der Waals surface area (Å²) < 4.78 is 5.68. The van der Waals surface area contributed by atoms with Crippen LogP contribution in [0.3, 0.4) is 0 Å². The maximum atomic E-state index is 5.97. The summed E-state index contributed by atoms with van der Waals surface area (Å²) in [6, 6.07) is 4.21. The van der Waals surface area contributed by atoms with E-state index in [9.17, 15) is 0 Å². The first-order chi connectivity index (χ1) is 8.74. The van der Waals surface area contributed by atoms with Gasteiger partial charge in [-0.3, -0.25) is 4.98 Å². The molecule has 0 saturated carbocycles. The first-order valence-electron chi connectivity index (χ1n) is 6.82. The zero-order chi connectivity index (χ0) is 13.0. The Bertz CT molecular complexity index is 366. The van der Waals surface area contributed by atoms with Crippen molar-refractivity contribution in [3.8, 4) is 0 Å². The summed E-state index contributed by atoms with van der Waals surface area (Å²) >= 11 is 0. The summed E-state index contributed by atoms with van der Waals surface area (Å²) in [5, 5.41) is 0. The second-order valence-corrected chi connectivity index (χ2v) is 4.80. The van der Waals surface area contributed by atoms with E-state index in [1.165, 1.54) is 5.69 Å². The van der Waals surface area contributed by atoms with Gasteiger partial charge in [-0.25, -0.2) is 0 Å². The van der Waals surface area contributed by atoms with E-state index in [1.807, 2.05) is 12.3 Å². The molecule has 18 heavy (non-hydrogen) atoms. The topological polar surface area (TPSA) is 51.4 Å². The Kier molecular flexibility index (Phi) is 4.55. The van der Waals surface area contributed by atoms with Crippen molar-refractivity contribution in [1.29, 1.82) is 0 Å². The fourth-order valence-electron chi connectivity index (χ4n) is 2.21. The Morgan fingerprint density at radius 2 is 2.33 bits per heavy atom. The van der Waals surface area contributed by atoms with Gasteiger partial charge in [-0.15, -0.1) is 0 Å². The molecule has 0 bridgehead atoms. The lowest BCUT2D eigenvalue weighted by molar-refractivity contribution is 0.0384. The van der Waals surface area contributed by atoms with Gasteiger partial charge in [0.15, 0.2) is 0 Å². The zero-order valence-corrected chi connectivity index (χ0v) is 11.3. The fraction of sp³-hybridized carbons (Fsp3) is 0.643. The summed E-state index contributed by atoms with van der Waals surface area (Å²) in [6.45, 7) is 6.94. The van der Waals surface area contributed by atoms with Gasteiger partial charge in [0.2, 0.25) is 0 Å². The Hall–Kier alpha value is -1.13. The van der Waals surface area contributed by atoms with Gasteiger partial charge < -0.3 is 15.4 Å². The average molecular weight is 249 g/mol. The molecule has 1 aromatic rings. The molecule has 100 valence electrons. The van der Waals surface area contributed by atoms with E-state index >= 15 is 0 Å². The number of hydrogen-bond acceptors (Lipinski definition) is 4. The third kappa shape index (κ3) is 3.00. The molecule has 2 atom stereocenters. The van der Waals surface area contributed by atoms with E-state index in [2.05, 4.69) is 29.8 Å². The molecule has 1 saturated heterocycles. The van der Waals surface area contributed by atoms with Crippen LogP contribution < -0.4 is 10.6 Å². The molecule has 2 N–H and O–H groups in total. The summed E-state index contributed by atoms with van der Waals surface area (Å²) in [6.07, 6.45) is 4.25. The first kappa shape index (κ1) is 13.3. The molecule has 0 spiro atoms. The van der Waals surface area contributed by atoms with Crippen molar-refractivity contribution < 1.29 is 4.74 Å². The van der Waals surface area contributed by atoms with Gasteiger partial charge in [0, 0.05) is 19.1 Å². The maximum Gasteiger partial charge on any atom is 0.0748 e. The van der Waals surface area contributed by atoms with Crippen LogP contribution in [-0.4, -0.2) is 30.8 Å². The lowest BCUT2D eigenvalue weighted by Gasteiger charge is -2.34. The molecule has 0 amide bonds. The van der Waals surface area contributed by atoms with Crippen LogP contribution >= 0.6 is 0 Å². The minimum atomic E-state index is 0.0483. The van der Waals surface area contributed by atoms with E-state index in [0.717, 1.165) is 38.2 Å². The smallest absolute Gasteiger partial charge is 0.0748 e. The quantitative estimate of drug-likeness (QED) is 0.888. The van der Waals surface area contributed by atoms with Crippen molar-refractivity contribution >= 4 is 5.69 Å². The maximum absolute atomic E-state index is 5.97. The molecular formula is C14H23N3O. The number of anilines is 1. The van der Waals surface area contributed by atoms with E-state index in [0.29, 0.717) is 6.10 Å². The second-order valence-electron chi connectivity index (χ2n) is 4.80. The van der Waals surface area contributed by atoms with Crippen molar-refractivity contribution in [2.75, 3.05) is 24.6 Å². The van der Waals surface area contributed by atoms with Gasteiger partial charge in [0.05, 0.1) is 30.3 Å². The Morgan fingerprint density at radius 1 is 1.50 bits per heavy atom. The predicted octanol–water partition coefficient (Wildman–Crippen LogP) is 2.11. The minimum Gasteiger partial charge on any atom is -0.375 e. The van der Waals surface area contributed by atoms with Gasteiger partial charge >= 0.3 is 0 Å². The lowest BCUT2D eigenvalue weighted by atomic mass is 10.1. The third-order valence-corrected chi connectivity index (χ3v) is 3.55. The largest absolute Gasteiger partial charge is 0.375 e. The Balaban J connectivity index is 2.04. The van der Waals surface area contributed by atoms with Crippen LogP contribution in [-0.2, 0) is 4.74 Å². The molecular weight excluding hydrogens is 226 g/mol. The highest BCUT2D eigenvalue weighted by Gasteiger charge is 2.19. The molecule has 0 aliphatic carbocycles. The number of pyridine rings is 1. The van der Waals surface area contributed by atoms with Crippen LogP contribution in [0, 0.1) is 0 Å². The van der Waals surface area contributed by atoms with E-state index in [-0.39, 0.29) is 6.04 Å². The van der Waals surface area contributed by atoms with Crippen molar-refractivity contribution in [3.05, 3.63) is 24.0 Å². The molecule has 4 heteroatoms. The van der Waals surface area contributed by atoms with Gasteiger partial charge in [0.1, 0.15) is 0 Å². The average Bonchev–Trinajstić information content (AvgIpc) is 2.46. The highest BCUT2D eigenvalue weighted by molar-refractivity contribution is 5.45. The summed E-state index contributed by atoms with van der Waals surface area (Å²) in [7, 11) is 0. The van der Waals surface area contributed by atoms with E-state index in [4.69, 9.17) is 10.5 Å². The molecule has 0 radical (unpaired) electrons. The second kappa shape index (κ2) is 6.16. The minimum absolute atomic E-state index is 0.0483. The van der Waals surface area contributed by atoms with Crippen LogP contribution in [0.25, 0.3) is 0 Å². The fourth-order valence-corrected chi connectivity index (χ4v) is 2.21. The van der Waals surface area contributed by atoms with Crippen molar-refractivity contribution in [3.63, 3.8) is 0 Å². The normalized spacial score (nSPS) is 21.9. The third-order valence-electron chi connectivity index (χ3n) is 3.55. The molecule has 1 aromatic heterocycles. The van der Waals surface area contributed by atoms with Gasteiger partial charge in [-0.2, -0.15) is 0 Å². The van der Waals surface area contributed by atoms with Crippen LogP contribution in [0.15, 0.2) is 18.3 Å². The first-order valence-corrected chi connectivity index (χ1v) is 6.82. The van der Waals surface area contributed by atoms with Crippen LogP contribution in [0.1, 0.15) is 38.4 Å². The van der Waals surface area contributed by atoms with Crippen LogP contribution in [0.5, 0.6) is 0 Å². The standard InChI is InChI=1S/C14H23N3O/c1-3-12-10-17(7-8-18-12)11-5-6-14(16-9-11)13(15)4-2/h5-6,9,12-13H,3-4,7-8,10,15H2,1-2H3/t12?,13-/m1/s1. The van der Waals surface area contributed by atoms with Crippen molar-refractivity contribution in [1.82, 2.24) is 4.98 Å². The molecule has 1 aliphatic heterocycles. The number of ether oxygens (including phenoxy) is 1. The van der Waals surface area contributed by atoms with Crippen LogP contribution in [0.4, 0.5) is 5.69 Å². The molecule has 1 fully saturated rings. The number of nitrogens with zero attached hydrogens (tertiary/aromatic N) is 2. The lowest BCUT2D eigenvalue weighted by Crippen LogP contribution is -2.42. The summed E-state index contributed by atoms with van der Waals surface area (Å²) in [5.41, 5.74) is 8.11. The van der Waals surface area contributed by atoms with Crippen molar-refractivity contribution in [2.45, 2.75) is 38.8 Å². The number of nitrogens with two attached hydrogens (primary N) is 1. The highest BCUT2D eigenvalue weighted by atomic mass is 16.5. The number of aromatic nitrogens is 1. The SMILES string of the molecule is CCC1CN(c2ccc([C@H](N)CC)nc2)CCO1. The Morgan fingerprint density at radius 3 is 2.94 bits per heavy atom. The predicted molar refractivity (Wildman–Crippen MR) is 73.7 cm³/mol. The Labute approximate surface area is 109 Å². The van der Waals surface area contributed by atoms with Gasteiger partial charge in [-0.1, -0.05) is 13.8 Å². The van der Waals surface area contributed by atoms with E-state index < -0.39 is 0 Å². The van der Waals surface area contributed by atoms with Crippen molar-refractivity contribution in [2.24, 2.45) is 5.73 Å². The zero-order valence-electron chi connectivity index (χ0n) is 11.3. The molecule has 2 heterocycles. The molecule has 1 unspecified atom stereocenters. The monoisotopic (exact) mass is 249 g/mol. The summed E-state index contributed by atoms with van der Waals surface area (Å²) in [5.74, 6) is 0. The number of rotatable bonds is 4. The molecule has 2 rings (SSSR count). The van der Waals surface area contributed by atoms with Gasteiger partial charge in [-0.05, 0) is 25.0 Å².